The molecule has 344 valence electrons. The highest BCUT2D eigenvalue weighted by Gasteiger charge is 2.76. The molecule has 3 N–H and O–H groups in total. The average Bonchev–Trinajstić information content (AvgIpc) is 3.79. The van der Waals surface area contributed by atoms with Crippen molar-refractivity contribution < 1.29 is 48.4 Å². The third kappa shape index (κ3) is 8.65. The molecule has 7 atom stereocenters. The summed E-state index contributed by atoms with van der Waals surface area (Å²) in [6.07, 6.45) is -0.986. The van der Waals surface area contributed by atoms with Crippen LogP contribution in [0, 0.1) is 23.7 Å². The molecule has 3 heterocycles. The van der Waals surface area contributed by atoms with Gasteiger partial charge in [-0.15, -0.1) is 0 Å². The van der Waals surface area contributed by atoms with E-state index in [0.717, 1.165) is 10.5 Å². The predicted octanol–water partition coefficient (Wildman–Crippen LogP) is 6.20. The van der Waals surface area contributed by atoms with E-state index in [2.05, 4.69) is 17.2 Å². The molecule has 14 nitrogen and oxygen atoms in total. The normalized spacial score (nSPS) is 22.4. The van der Waals surface area contributed by atoms with Crippen LogP contribution in [0.15, 0.2) is 133 Å². The Morgan fingerprint density at radius 2 is 1.51 bits per heavy atom. The number of carbonyl (C=O) groups excluding carboxylic acids is 4. The summed E-state index contributed by atoms with van der Waals surface area (Å²) in [4.78, 5) is 78.2. The summed E-state index contributed by atoms with van der Waals surface area (Å²) in [5, 5.41) is 24.1. The van der Waals surface area contributed by atoms with Crippen molar-refractivity contribution in [3.8, 4) is 17.6 Å². The highest BCUT2D eigenvalue weighted by molar-refractivity contribution is 6.24. The van der Waals surface area contributed by atoms with Crippen molar-refractivity contribution in [2.75, 3.05) is 38.8 Å². The zero-order chi connectivity index (χ0) is 47.4. The van der Waals surface area contributed by atoms with Crippen LogP contribution < -0.4 is 15.0 Å². The molecule has 2 fully saturated rings. The van der Waals surface area contributed by atoms with Gasteiger partial charge in [-0.25, -0.2) is 14.5 Å². The summed E-state index contributed by atoms with van der Waals surface area (Å²) < 4.78 is 17.3. The Labute approximate surface area is 389 Å². The minimum absolute atomic E-state index is 0.0506. The molecule has 2 saturated heterocycles. The number of imide groups is 1. The Kier molecular flexibility index (Phi) is 13.6. The molecule has 3 aliphatic rings. The Morgan fingerprint density at radius 1 is 0.851 bits per heavy atom. The number of methoxy groups -OCH3 is 1. The number of aliphatic hydroxyl groups excluding tert-OH is 1. The fourth-order valence-corrected chi connectivity index (χ4v) is 9.95. The van der Waals surface area contributed by atoms with E-state index in [1.54, 1.807) is 61.2 Å². The highest BCUT2D eigenvalue weighted by Crippen LogP contribution is 2.66. The number of amides is 3. The van der Waals surface area contributed by atoms with Gasteiger partial charge in [-0.2, -0.15) is 0 Å². The third-order valence-electron chi connectivity index (χ3n) is 12.7. The first-order valence-electron chi connectivity index (χ1n) is 22.1. The molecule has 0 saturated carbocycles. The van der Waals surface area contributed by atoms with Crippen molar-refractivity contribution in [1.29, 1.82) is 0 Å². The maximum absolute atomic E-state index is 16.2. The van der Waals surface area contributed by atoms with Crippen LogP contribution in [-0.2, 0) is 40.6 Å². The molecule has 0 radical (unpaired) electrons. The van der Waals surface area contributed by atoms with Gasteiger partial charge in [0.2, 0.25) is 5.91 Å². The monoisotopic (exact) mass is 904 g/mol. The van der Waals surface area contributed by atoms with Crippen LogP contribution in [0.1, 0.15) is 65.4 Å². The van der Waals surface area contributed by atoms with Crippen molar-refractivity contribution in [3.05, 3.63) is 167 Å². The molecule has 5 aromatic carbocycles. The summed E-state index contributed by atoms with van der Waals surface area (Å²) in [7, 11) is 3.13. The van der Waals surface area contributed by atoms with Gasteiger partial charge >= 0.3 is 23.9 Å². The lowest BCUT2D eigenvalue weighted by Gasteiger charge is -2.46. The molecule has 3 aliphatic heterocycles. The van der Waals surface area contributed by atoms with E-state index in [9.17, 15) is 29.4 Å². The fraction of sp³-hybridized carbons (Fsp3) is 0.302. The van der Waals surface area contributed by atoms with E-state index in [0.29, 0.717) is 41.1 Å². The third-order valence-corrected chi connectivity index (χ3v) is 12.7. The first kappa shape index (κ1) is 46.2. The van der Waals surface area contributed by atoms with E-state index in [-0.39, 0.29) is 24.5 Å². The molecule has 3 amide bonds. The number of anilines is 1. The molecule has 0 aromatic heterocycles. The summed E-state index contributed by atoms with van der Waals surface area (Å²) in [5.41, 5.74) is 1.17. The maximum atomic E-state index is 16.2. The van der Waals surface area contributed by atoms with E-state index >= 15 is 4.79 Å². The van der Waals surface area contributed by atoms with Crippen LogP contribution in [0.4, 0.5) is 10.5 Å². The summed E-state index contributed by atoms with van der Waals surface area (Å²) in [5.74, 6) is 0.365. The smallest absolute Gasteiger partial charge is 0.329 e. The Hall–Kier alpha value is -7.31. The van der Waals surface area contributed by atoms with E-state index in [4.69, 9.17) is 14.2 Å². The quantitative estimate of drug-likeness (QED) is 0.0904. The number of nitrogens with one attached hydrogen (secondary N) is 1. The van der Waals surface area contributed by atoms with Crippen LogP contribution >= 0.6 is 0 Å². The predicted molar refractivity (Wildman–Crippen MR) is 247 cm³/mol. The highest BCUT2D eigenvalue weighted by atomic mass is 16.6. The molecule has 0 bridgehead atoms. The number of carboxylic acid groups (broad SMARTS) is 1. The topological polar surface area (TPSA) is 175 Å². The van der Waals surface area contributed by atoms with Gasteiger partial charge in [0.1, 0.15) is 41.9 Å². The zero-order valence-corrected chi connectivity index (χ0v) is 37.6. The number of carbonyl (C=O) groups is 5. The van der Waals surface area contributed by atoms with Gasteiger partial charge in [0.25, 0.3) is 0 Å². The van der Waals surface area contributed by atoms with Gasteiger partial charge < -0.3 is 29.7 Å². The van der Waals surface area contributed by atoms with Gasteiger partial charge in [-0.1, -0.05) is 129 Å². The van der Waals surface area contributed by atoms with Crippen molar-refractivity contribution in [3.63, 3.8) is 0 Å². The van der Waals surface area contributed by atoms with Crippen LogP contribution in [0.2, 0.25) is 0 Å². The first-order chi connectivity index (χ1) is 32.4. The molecule has 8 rings (SSSR count). The van der Waals surface area contributed by atoms with Crippen LogP contribution in [0.5, 0.6) is 5.75 Å². The van der Waals surface area contributed by atoms with Gasteiger partial charge in [0.15, 0.2) is 0 Å². The Balaban J connectivity index is 1.38. The van der Waals surface area contributed by atoms with Gasteiger partial charge in [-0.3, -0.25) is 24.2 Å². The molecular formula is C53H52N4O10. The molecule has 67 heavy (non-hydrogen) atoms. The number of esters is 2. The molecule has 0 aliphatic carbocycles. The molecule has 1 spiro atoms. The van der Waals surface area contributed by atoms with E-state index in [1.165, 1.54) is 7.11 Å². The number of aliphatic carboxylic acids is 1. The Morgan fingerprint density at radius 3 is 2.15 bits per heavy atom. The number of fused-ring (bicyclic) bond motifs is 3. The van der Waals surface area contributed by atoms with Crippen LogP contribution in [0.3, 0.4) is 0 Å². The molecular weight excluding hydrogens is 853 g/mol. The summed E-state index contributed by atoms with van der Waals surface area (Å²) in [6.45, 7) is 4.05. The van der Waals surface area contributed by atoms with Gasteiger partial charge in [0, 0.05) is 12.1 Å². The SMILES string of the molecule is COC(=O)C(NC(=O)N1C(=O)C2(c3cc(C#CCN(C)Cc4ccccc4)ccc31)C(C(=O)O)C1C(=O)OC(c3ccccc3)C(c3ccccc3)N1C2c1cccc(OCCO)c1)C(C)C. The fourth-order valence-electron chi connectivity index (χ4n) is 9.95. The largest absolute Gasteiger partial charge is 0.491 e. The van der Waals surface area contributed by atoms with Crippen molar-refractivity contribution >= 4 is 35.5 Å². The van der Waals surface area contributed by atoms with E-state index < -0.39 is 77.4 Å². The van der Waals surface area contributed by atoms with Gasteiger partial charge in [-0.05, 0) is 71.1 Å². The summed E-state index contributed by atoms with van der Waals surface area (Å²) in [6, 6.07) is 33.9. The number of aliphatic hydroxyl groups is 1. The number of hydrogen-bond acceptors (Lipinski definition) is 11. The van der Waals surface area contributed by atoms with Crippen molar-refractivity contribution in [2.24, 2.45) is 11.8 Å². The van der Waals surface area contributed by atoms with Gasteiger partial charge in [0.05, 0.1) is 38.0 Å². The number of carboxylic acids is 1. The number of rotatable bonds is 13. The average molecular weight is 905 g/mol. The number of morpholine rings is 1. The number of cyclic esters (lactones) is 1. The zero-order valence-electron chi connectivity index (χ0n) is 37.6. The molecule has 5 aromatic rings. The molecule has 7 unspecified atom stereocenters. The lowest BCUT2D eigenvalue weighted by Crippen LogP contribution is -2.56. The van der Waals surface area contributed by atoms with Crippen LogP contribution in [0.25, 0.3) is 0 Å². The second-order valence-electron chi connectivity index (χ2n) is 17.3. The Bertz CT molecular complexity index is 2710. The number of urea groups is 1. The number of benzene rings is 5. The number of nitrogens with zero attached hydrogens (tertiary/aromatic N) is 3. The minimum Gasteiger partial charge on any atom is -0.491 e. The second kappa shape index (κ2) is 19.7. The minimum atomic E-state index is -2.24. The first-order valence-corrected chi connectivity index (χ1v) is 22.1. The standard InChI is InChI=1S/C53H52N4O10/c1-33(2)43(49(61)65-4)54-52(64)56-41-26-25-34(18-15-27-55(3)32-35-16-8-5-9-17-35)30-40(41)53(51(56)63)42(48(59)60)45-50(62)67-46(37-21-12-7-13-22-37)44(36-19-10-6-11-20-36)57(45)47(53)38-23-14-24-39(31-38)66-29-28-58/h5-14,16-17,19-26,30-31,33,42-47,58H,27-29,32H2,1-4H3,(H,54,64)(H,59,60). The molecule has 14 heteroatoms. The number of hydrogen-bond donors (Lipinski definition) is 3. The lowest BCUT2D eigenvalue weighted by molar-refractivity contribution is -0.179. The number of ether oxygens (including phenoxy) is 3. The van der Waals surface area contributed by atoms with Crippen LogP contribution in [-0.4, -0.2) is 95.9 Å². The second-order valence-corrected chi connectivity index (χ2v) is 17.3. The lowest BCUT2D eigenvalue weighted by atomic mass is 9.65. The van der Waals surface area contributed by atoms with E-state index in [1.807, 2.05) is 103 Å². The van der Waals surface area contributed by atoms with Crippen molar-refractivity contribution in [2.45, 2.75) is 56.1 Å². The van der Waals surface area contributed by atoms with Crippen molar-refractivity contribution in [1.82, 2.24) is 15.1 Å². The summed E-state index contributed by atoms with van der Waals surface area (Å²) >= 11 is 0. The maximum Gasteiger partial charge on any atom is 0.329 e.